The third-order valence-corrected chi connectivity index (χ3v) is 2.73. The minimum Gasteiger partial charge on any atom is -0.352 e. The summed E-state index contributed by atoms with van der Waals surface area (Å²) in [5, 5.41) is 9.29. The lowest BCUT2D eigenvalue weighted by Gasteiger charge is -2.01. The maximum Gasteiger partial charge on any atom is 0.244 e. The molecule has 1 amide bonds. The molecule has 0 atom stereocenters. The van der Waals surface area contributed by atoms with E-state index in [-0.39, 0.29) is 5.91 Å². The number of hydrogen-bond acceptors (Lipinski definition) is 3. The van der Waals surface area contributed by atoms with Gasteiger partial charge in [-0.25, -0.2) is 4.98 Å². The highest BCUT2D eigenvalue weighted by Gasteiger charge is 1.98. The SMILES string of the molecule is Cc1ccccc1C=CC(=O)NCCc1ncn[nH]1. The lowest BCUT2D eigenvalue weighted by molar-refractivity contribution is -0.116. The highest BCUT2D eigenvalue weighted by atomic mass is 16.1. The predicted molar refractivity (Wildman–Crippen MR) is 73.3 cm³/mol. The van der Waals surface area contributed by atoms with E-state index in [1.165, 1.54) is 6.33 Å². The van der Waals surface area contributed by atoms with Crippen LogP contribution in [0.15, 0.2) is 36.7 Å². The molecule has 1 aromatic heterocycles. The van der Waals surface area contributed by atoms with Gasteiger partial charge in [0.1, 0.15) is 12.2 Å². The Labute approximate surface area is 111 Å². The van der Waals surface area contributed by atoms with Crippen LogP contribution in [0.4, 0.5) is 0 Å². The Balaban J connectivity index is 1.79. The van der Waals surface area contributed by atoms with E-state index >= 15 is 0 Å². The Morgan fingerprint density at radius 1 is 1.42 bits per heavy atom. The highest BCUT2D eigenvalue weighted by Crippen LogP contribution is 2.08. The monoisotopic (exact) mass is 256 g/mol. The average molecular weight is 256 g/mol. The normalized spacial score (nSPS) is 10.8. The second kappa shape index (κ2) is 6.49. The topological polar surface area (TPSA) is 70.7 Å². The number of amides is 1. The first-order valence-electron chi connectivity index (χ1n) is 6.11. The van der Waals surface area contributed by atoms with Crippen molar-refractivity contribution in [3.8, 4) is 0 Å². The molecule has 2 aromatic rings. The van der Waals surface area contributed by atoms with E-state index < -0.39 is 0 Å². The third kappa shape index (κ3) is 4.06. The number of rotatable bonds is 5. The summed E-state index contributed by atoms with van der Waals surface area (Å²) in [6.07, 6.45) is 5.46. The molecule has 0 saturated heterocycles. The number of H-pyrrole nitrogens is 1. The number of carbonyl (C=O) groups is 1. The van der Waals surface area contributed by atoms with Crippen molar-refractivity contribution in [3.05, 3.63) is 53.6 Å². The van der Waals surface area contributed by atoms with Crippen LogP contribution >= 0.6 is 0 Å². The van der Waals surface area contributed by atoms with Crippen LogP contribution in [0.2, 0.25) is 0 Å². The standard InChI is InChI=1S/C14H16N4O/c1-11-4-2-3-5-12(11)6-7-14(19)15-9-8-13-16-10-17-18-13/h2-7,10H,8-9H2,1H3,(H,15,19)(H,16,17,18). The molecule has 0 aliphatic heterocycles. The van der Waals surface area contributed by atoms with Gasteiger partial charge in [-0.15, -0.1) is 0 Å². The number of nitrogens with zero attached hydrogens (tertiary/aromatic N) is 2. The Kier molecular flexibility index (Phi) is 4.44. The zero-order valence-corrected chi connectivity index (χ0v) is 10.8. The minimum atomic E-state index is -0.109. The Bertz CT molecular complexity index is 561. The van der Waals surface area contributed by atoms with Crippen molar-refractivity contribution in [3.63, 3.8) is 0 Å². The van der Waals surface area contributed by atoms with Gasteiger partial charge in [0, 0.05) is 19.0 Å². The van der Waals surface area contributed by atoms with Crippen LogP contribution in [-0.4, -0.2) is 27.6 Å². The van der Waals surface area contributed by atoms with Crippen molar-refractivity contribution < 1.29 is 4.79 Å². The Hall–Kier alpha value is -2.43. The second-order valence-electron chi connectivity index (χ2n) is 4.16. The number of aromatic nitrogens is 3. The molecule has 2 rings (SSSR count). The summed E-state index contributed by atoms with van der Waals surface area (Å²) >= 11 is 0. The highest BCUT2D eigenvalue weighted by molar-refractivity contribution is 5.91. The zero-order chi connectivity index (χ0) is 13.5. The van der Waals surface area contributed by atoms with Crippen molar-refractivity contribution in [2.45, 2.75) is 13.3 Å². The largest absolute Gasteiger partial charge is 0.352 e. The molecule has 1 heterocycles. The molecule has 0 fully saturated rings. The summed E-state index contributed by atoms with van der Waals surface area (Å²) < 4.78 is 0. The van der Waals surface area contributed by atoms with Crippen LogP contribution < -0.4 is 5.32 Å². The van der Waals surface area contributed by atoms with Gasteiger partial charge in [0.2, 0.25) is 5.91 Å². The van der Waals surface area contributed by atoms with Crippen molar-refractivity contribution in [1.29, 1.82) is 0 Å². The molecule has 0 aliphatic carbocycles. The van der Waals surface area contributed by atoms with E-state index in [1.54, 1.807) is 6.08 Å². The molecule has 5 heteroatoms. The molecule has 0 spiro atoms. The predicted octanol–water partition coefficient (Wildman–Crippen LogP) is 1.49. The number of hydrogen-bond donors (Lipinski definition) is 2. The smallest absolute Gasteiger partial charge is 0.244 e. The number of aromatic amines is 1. The summed E-state index contributed by atoms with van der Waals surface area (Å²) in [6.45, 7) is 2.55. The van der Waals surface area contributed by atoms with E-state index in [1.807, 2.05) is 37.3 Å². The lowest BCUT2D eigenvalue weighted by atomic mass is 10.1. The quantitative estimate of drug-likeness (QED) is 0.796. The van der Waals surface area contributed by atoms with Crippen LogP contribution in [-0.2, 0) is 11.2 Å². The van der Waals surface area contributed by atoms with Crippen molar-refractivity contribution in [2.75, 3.05) is 6.54 Å². The van der Waals surface area contributed by atoms with Gasteiger partial charge in [0.15, 0.2) is 0 Å². The van der Waals surface area contributed by atoms with Gasteiger partial charge in [0.25, 0.3) is 0 Å². The summed E-state index contributed by atoms with van der Waals surface area (Å²) in [6, 6.07) is 7.92. The fraction of sp³-hybridized carbons (Fsp3) is 0.214. The first-order valence-corrected chi connectivity index (χ1v) is 6.11. The van der Waals surface area contributed by atoms with Crippen LogP contribution in [0.3, 0.4) is 0 Å². The van der Waals surface area contributed by atoms with Crippen molar-refractivity contribution in [2.24, 2.45) is 0 Å². The van der Waals surface area contributed by atoms with E-state index in [0.717, 1.165) is 17.0 Å². The van der Waals surface area contributed by atoms with Gasteiger partial charge in [0.05, 0.1) is 0 Å². The zero-order valence-electron chi connectivity index (χ0n) is 10.8. The molecule has 0 bridgehead atoms. The summed E-state index contributed by atoms with van der Waals surface area (Å²) in [7, 11) is 0. The third-order valence-electron chi connectivity index (χ3n) is 2.73. The van der Waals surface area contributed by atoms with Gasteiger partial charge in [-0.05, 0) is 24.1 Å². The molecular formula is C14H16N4O. The molecule has 19 heavy (non-hydrogen) atoms. The average Bonchev–Trinajstić information content (AvgIpc) is 2.91. The van der Waals surface area contributed by atoms with Crippen LogP contribution in [0.25, 0.3) is 6.08 Å². The minimum absolute atomic E-state index is 0.109. The molecule has 0 aliphatic rings. The number of carbonyl (C=O) groups excluding carboxylic acids is 1. The molecule has 0 saturated carbocycles. The van der Waals surface area contributed by atoms with Crippen molar-refractivity contribution in [1.82, 2.24) is 20.5 Å². The van der Waals surface area contributed by atoms with E-state index in [2.05, 4.69) is 20.5 Å². The van der Waals surface area contributed by atoms with E-state index in [4.69, 9.17) is 0 Å². The number of benzene rings is 1. The fourth-order valence-electron chi connectivity index (χ4n) is 1.65. The molecule has 5 nitrogen and oxygen atoms in total. The molecule has 0 unspecified atom stereocenters. The Morgan fingerprint density at radius 2 is 2.26 bits per heavy atom. The molecule has 2 N–H and O–H groups in total. The van der Waals surface area contributed by atoms with Gasteiger partial charge in [-0.3, -0.25) is 9.89 Å². The second-order valence-corrected chi connectivity index (χ2v) is 4.16. The van der Waals surface area contributed by atoms with Gasteiger partial charge in [-0.2, -0.15) is 5.10 Å². The summed E-state index contributed by atoms with van der Waals surface area (Å²) in [4.78, 5) is 15.6. The molecule has 0 radical (unpaired) electrons. The fourth-order valence-corrected chi connectivity index (χ4v) is 1.65. The summed E-state index contributed by atoms with van der Waals surface area (Å²) in [5.74, 6) is 0.658. The molecule has 98 valence electrons. The van der Waals surface area contributed by atoms with Crippen LogP contribution in [0.1, 0.15) is 17.0 Å². The van der Waals surface area contributed by atoms with E-state index in [0.29, 0.717) is 13.0 Å². The van der Waals surface area contributed by atoms with E-state index in [9.17, 15) is 4.79 Å². The van der Waals surface area contributed by atoms with Crippen LogP contribution in [0, 0.1) is 6.92 Å². The van der Waals surface area contributed by atoms with Gasteiger partial charge >= 0.3 is 0 Å². The molecule has 1 aromatic carbocycles. The maximum atomic E-state index is 11.6. The number of nitrogens with one attached hydrogen (secondary N) is 2. The first-order chi connectivity index (χ1) is 9.25. The lowest BCUT2D eigenvalue weighted by Crippen LogP contribution is -2.23. The summed E-state index contributed by atoms with van der Waals surface area (Å²) in [5.41, 5.74) is 2.20. The first kappa shape index (κ1) is 13.0. The maximum absolute atomic E-state index is 11.6. The van der Waals surface area contributed by atoms with Crippen molar-refractivity contribution >= 4 is 12.0 Å². The Morgan fingerprint density at radius 3 is 3.00 bits per heavy atom. The molecular weight excluding hydrogens is 240 g/mol. The van der Waals surface area contributed by atoms with Gasteiger partial charge in [-0.1, -0.05) is 24.3 Å². The van der Waals surface area contributed by atoms with Gasteiger partial charge < -0.3 is 5.32 Å². The number of aryl methyl sites for hydroxylation is 1. The van der Waals surface area contributed by atoms with Crippen LogP contribution in [0.5, 0.6) is 0 Å².